The van der Waals surface area contributed by atoms with Crippen LogP contribution in [0.3, 0.4) is 0 Å². The molecule has 0 heterocycles. The molecule has 0 fully saturated rings. The molecule has 0 radical (unpaired) electrons. The first-order chi connectivity index (χ1) is 11.0. The Balaban J connectivity index is 1.97. The summed E-state index contributed by atoms with van der Waals surface area (Å²) in [6.45, 7) is -0.137. The fraction of sp³-hybridized carbons (Fsp3) is 0.176. The lowest BCUT2D eigenvalue weighted by Gasteiger charge is -2.18. The standard InChI is InChI=1S/C17H17FN2O3/c1-20(10-12-6-2-4-8-14(12)18)16(21)11-23-15-9-5-3-7-13(15)17(19)22/h2-9H,10-11H2,1H3,(H2,19,22). The second-order valence-electron chi connectivity index (χ2n) is 4.99. The topological polar surface area (TPSA) is 72.6 Å². The van der Waals surface area contributed by atoms with Crippen LogP contribution in [0, 0.1) is 5.82 Å². The van der Waals surface area contributed by atoms with E-state index in [1.165, 1.54) is 17.0 Å². The third-order valence-electron chi connectivity index (χ3n) is 3.29. The Labute approximate surface area is 133 Å². The average molecular weight is 316 g/mol. The number of para-hydroxylation sites is 1. The summed E-state index contributed by atoms with van der Waals surface area (Å²) < 4.78 is 18.9. The van der Waals surface area contributed by atoms with Gasteiger partial charge in [0.25, 0.3) is 11.8 Å². The summed E-state index contributed by atoms with van der Waals surface area (Å²) in [5.74, 6) is -1.10. The summed E-state index contributed by atoms with van der Waals surface area (Å²) >= 11 is 0. The van der Waals surface area contributed by atoms with Gasteiger partial charge in [-0.05, 0) is 18.2 Å². The van der Waals surface area contributed by atoms with Gasteiger partial charge in [0.2, 0.25) is 0 Å². The fourth-order valence-corrected chi connectivity index (χ4v) is 2.02. The summed E-state index contributed by atoms with van der Waals surface area (Å²) in [5, 5.41) is 0. The molecule has 0 saturated carbocycles. The van der Waals surface area contributed by atoms with Crippen LogP contribution < -0.4 is 10.5 Å². The van der Waals surface area contributed by atoms with Crippen molar-refractivity contribution in [2.45, 2.75) is 6.54 Å². The number of carbonyl (C=O) groups excluding carboxylic acids is 2. The molecule has 0 aromatic heterocycles. The van der Waals surface area contributed by atoms with Crippen LogP contribution in [0.25, 0.3) is 0 Å². The minimum absolute atomic E-state index is 0.131. The molecule has 2 aromatic carbocycles. The van der Waals surface area contributed by atoms with Crippen LogP contribution in [0.4, 0.5) is 4.39 Å². The van der Waals surface area contributed by atoms with Crippen LogP contribution in [0.2, 0.25) is 0 Å². The number of rotatable bonds is 6. The second-order valence-corrected chi connectivity index (χ2v) is 4.99. The van der Waals surface area contributed by atoms with E-state index < -0.39 is 5.91 Å². The predicted octanol–water partition coefficient (Wildman–Crippen LogP) is 1.96. The number of carbonyl (C=O) groups is 2. The number of nitrogens with two attached hydrogens (primary N) is 1. The largest absolute Gasteiger partial charge is 0.483 e. The van der Waals surface area contributed by atoms with Crippen LogP contribution in [-0.2, 0) is 11.3 Å². The number of hydrogen-bond acceptors (Lipinski definition) is 3. The van der Waals surface area contributed by atoms with Gasteiger partial charge in [-0.3, -0.25) is 9.59 Å². The molecule has 2 N–H and O–H groups in total. The first kappa shape index (κ1) is 16.5. The zero-order valence-electron chi connectivity index (χ0n) is 12.7. The molecule has 0 saturated heterocycles. The van der Waals surface area contributed by atoms with Gasteiger partial charge in [0.1, 0.15) is 11.6 Å². The molecule has 5 nitrogen and oxygen atoms in total. The van der Waals surface area contributed by atoms with E-state index in [2.05, 4.69) is 0 Å². The maximum Gasteiger partial charge on any atom is 0.260 e. The third-order valence-corrected chi connectivity index (χ3v) is 3.29. The quantitative estimate of drug-likeness (QED) is 0.885. The van der Waals surface area contributed by atoms with Gasteiger partial charge < -0.3 is 15.4 Å². The van der Waals surface area contributed by atoms with Gasteiger partial charge in [-0.2, -0.15) is 0 Å². The zero-order valence-corrected chi connectivity index (χ0v) is 12.7. The van der Waals surface area contributed by atoms with Gasteiger partial charge in [-0.15, -0.1) is 0 Å². The Bertz CT molecular complexity index is 718. The van der Waals surface area contributed by atoms with Crippen molar-refractivity contribution >= 4 is 11.8 Å². The number of primary amides is 1. The smallest absolute Gasteiger partial charge is 0.260 e. The van der Waals surface area contributed by atoms with Crippen LogP contribution in [-0.4, -0.2) is 30.4 Å². The number of amides is 2. The summed E-state index contributed by atoms with van der Waals surface area (Å²) in [6, 6.07) is 12.7. The molecule has 2 rings (SSSR count). The van der Waals surface area contributed by atoms with Crippen molar-refractivity contribution in [2.75, 3.05) is 13.7 Å². The van der Waals surface area contributed by atoms with Crippen molar-refractivity contribution < 1.29 is 18.7 Å². The molecule has 6 heteroatoms. The van der Waals surface area contributed by atoms with E-state index >= 15 is 0 Å². The van der Waals surface area contributed by atoms with Crippen LogP contribution in [0.5, 0.6) is 5.75 Å². The van der Waals surface area contributed by atoms with Gasteiger partial charge in [0.05, 0.1) is 5.56 Å². The highest BCUT2D eigenvalue weighted by Gasteiger charge is 2.14. The van der Waals surface area contributed by atoms with Gasteiger partial charge in [0.15, 0.2) is 6.61 Å². The molecule has 0 unspecified atom stereocenters. The summed E-state index contributed by atoms with van der Waals surface area (Å²) in [4.78, 5) is 24.7. The summed E-state index contributed by atoms with van der Waals surface area (Å²) in [6.07, 6.45) is 0. The van der Waals surface area contributed by atoms with Crippen molar-refractivity contribution in [3.8, 4) is 5.75 Å². The van der Waals surface area contributed by atoms with E-state index in [1.54, 1.807) is 43.4 Å². The maximum atomic E-state index is 13.6. The molecule has 120 valence electrons. The van der Waals surface area contributed by atoms with Crippen LogP contribution >= 0.6 is 0 Å². The zero-order chi connectivity index (χ0) is 16.8. The van der Waals surface area contributed by atoms with Gasteiger partial charge >= 0.3 is 0 Å². The van der Waals surface area contributed by atoms with E-state index in [4.69, 9.17) is 10.5 Å². The van der Waals surface area contributed by atoms with Crippen molar-refractivity contribution in [2.24, 2.45) is 5.73 Å². The monoisotopic (exact) mass is 316 g/mol. The summed E-state index contributed by atoms with van der Waals surface area (Å²) in [7, 11) is 1.55. The van der Waals surface area contributed by atoms with E-state index in [1.807, 2.05) is 0 Å². The highest BCUT2D eigenvalue weighted by Crippen LogP contribution is 2.17. The molecule has 0 atom stereocenters. The number of hydrogen-bond donors (Lipinski definition) is 1. The van der Waals surface area contributed by atoms with Crippen molar-refractivity contribution in [3.05, 3.63) is 65.5 Å². The maximum absolute atomic E-state index is 13.6. The number of halogens is 1. The highest BCUT2D eigenvalue weighted by molar-refractivity contribution is 5.95. The predicted molar refractivity (Wildman–Crippen MR) is 83.3 cm³/mol. The van der Waals surface area contributed by atoms with Gasteiger partial charge in [-0.1, -0.05) is 30.3 Å². The molecule has 0 aliphatic heterocycles. The van der Waals surface area contributed by atoms with Gasteiger partial charge in [-0.25, -0.2) is 4.39 Å². The minimum atomic E-state index is -0.632. The Morgan fingerprint density at radius 3 is 2.48 bits per heavy atom. The molecule has 0 spiro atoms. The minimum Gasteiger partial charge on any atom is -0.483 e. The van der Waals surface area contributed by atoms with Crippen molar-refractivity contribution in [3.63, 3.8) is 0 Å². The van der Waals surface area contributed by atoms with E-state index in [-0.39, 0.29) is 36.2 Å². The molecule has 2 aromatic rings. The molecule has 2 amide bonds. The van der Waals surface area contributed by atoms with Crippen LogP contribution in [0.15, 0.2) is 48.5 Å². The van der Waals surface area contributed by atoms with Gasteiger partial charge in [0, 0.05) is 19.2 Å². The third kappa shape index (κ3) is 4.29. The van der Waals surface area contributed by atoms with Crippen molar-refractivity contribution in [1.82, 2.24) is 4.90 Å². The fourth-order valence-electron chi connectivity index (χ4n) is 2.02. The Hall–Kier alpha value is -2.89. The second kappa shape index (κ2) is 7.40. The Morgan fingerprint density at radius 2 is 1.78 bits per heavy atom. The lowest BCUT2D eigenvalue weighted by molar-refractivity contribution is -0.132. The van der Waals surface area contributed by atoms with Crippen molar-refractivity contribution in [1.29, 1.82) is 0 Å². The first-order valence-corrected chi connectivity index (χ1v) is 6.98. The summed E-state index contributed by atoms with van der Waals surface area (Å²) in [5.41, 5.74) is 5.87. The molecule has 0 bridgehead atoms. The SMILES string of the molecule is CN(Cc1ccccc1F)C(=O)COc1ccccc1C(N)=O. The normalized spacial score (nSPS) is 10.2. The lowest BCUT2D eigenvalue weighted by atomic mass is 10.2. The number of ether oxygens (including phenoxy) is 1. The molecular formula is C17H17FN2O3. The van der Waals surface area contributed by atoms with Crippen LogP contribution in [0.1, 0.15) is 15.9 Å². The highest BCUT2D eigenvalue weighted by atomic mass is 19.1. The molecule has 0 aliphatic rings. The Morgan fingerprint density at radius 1 is 1.13 bits per heavy atom. The van der Waals surface area contributed by atoms with E-state index in [0.29, 0.717) is 5.56 Å². The first-order valence-electron chi connectivity index (χ1n) is 6.98. The molecule has 23 heavy (non-hydrogen) atoms. The van der Waals surface area contributed by atoms with E-state index in [9.17, 15) is 14.0 Å². The molecular weight excluding hydrogens is 299 g/mol. The Kier molecular flexibility index (Phi) is 5.30. The average Bonchev–Trinajstić information content (AvgIpc) is 2.54. The molecule has 0 aliphatic carbocycles. The number of likely N-dealkylation sites (N-methyl/N-ethyl adjacent to an activating group) is 1. The number of nitrogens with zero attached hydrogens (tertiary/aromatic N) is 1. The van der Waals surface area contributed by atoms with E-state index in [0.717, 1.165) is 0 Å². The number of benzene rings is 2. The lowest BCUT2D eigenvalue weighted by Crippen LogP contribution is -2.31.